The fourth-order valence-electron chi connectivity index (χ4n) is 2.02. The van der Waals surface area contributed by atoms with E-state index in [4.69, 9.17) is 9.47 Å². The molecule has 4 heteroatoms. The number of carbonyl (C=O) groups is 1. The van der Waals surface area contributed by atoms with Crippen molar-refractivity contribution in [1.82, 2.24) is 4.90 Å². The number of ether oxygens (including phenoxy) is 2. The van der Waals surface area contributed by atoms with Crippen LogP contribution in [0.25, 0.3) is 6.08 Å². The predicted octanol–water partition coefficient (Wildman–Crippen LogP) is 3.37. The fraction of sp³-hybridized carbons (Fsp3) is 0.471. The summed E-state index contributed by atoms with van der Waals surface area (Å²) in [6.45, 7) is 9.78. The van der Waals surface area contributed by atoms with Crippen LogP contribution in [0.2, 0.25) is 0 Å². The molecule has 0 atom stereocenters. The largest absolute Gasteiger partial charge is 0.490 e. The monoisotopic (exact) mass is 291 g/mol. The Morgan fingerprint density at radius 3 is 2.43 bits per heavy atom. The minimum absolute atomic E-state index is 0.0139. The molecule has 0 radical (unpaired) electrons. The zero-order valence-corrected chi connectivity index (χ0v) is 13.4. The number of carbonyl (C=O) groups excluding carboxylic acids is 1. The standard InChI is InChI=1S/C17H25NO3/c1-5-9-14-10-11-15(16(12-14)20-8-4)21-13-17(19)18(6-2)7-3/h5,9-12H,6-8,13H2,1-4H3. The van der Waals surface area contributed by atoms with Gasteiger partial charge in [0.05, 0.1) is 6.61 Å². The molecule has 1 aromatic carbocycles. The molecule has 0 spiro atoms. The van der Waals surface area contributed by atoms with Gasteiger partial charge in [0, 0.05) is 13.1 Å². The van der Waals surface area contributed by atoms with Gasteiger partial charge in [0.1, 0.15) is 0 Å². The second-order valence-corrected chi connectivity index (χ2v) is 4.49. The maximum atomic E-state index is 12.0. The van der Waals surface area contributed by atoms with Crippen LogP contribution in [0.15, 0.2) is 24.3 Å². The lowest BCUT2D eigenvalue weighted by Crippen LogP contribution is -2.34. The zero-order valence-electron chi connectivity index (χ0n) is 13.4. The zero-order chi connectivity index (χ0) is 15.7. The van der Waals surface area contributed by atoms with Crippen molar-refractivity contribution in [2.75, 3.05) is 26.3 Å². The molecule has 0 aliphatic heterocycles. The fourth-order valence-corrected chi connectivity index (χ4v) is 2.02. The molecule has 4 nitrogen and oxygen atoms in total. The van der Waals surface area contributed by atoms with Gasteiger partial charge in [-0.2, -0.15) is 0 Å². The summed E-state index contributed by atoms with van der Waals surface area (Å²) >= 11 is 0. The van der Waals surface area contributed by atoms with Gasteiger partial charge >= 0.3 is 0 Å². The van der Waals surface area contributed by atoms with Gasteiger partial charge in [0.15, 0.2) is 18.1 Å². The highest BCUT2D eigenvalue weighted by Crippen LogP contribution is 2.29. The first-order chi connectivity index (χ1) is 10.2. The number of amides is 1. The minimum Gasteiger partial charge on any atom is -0.490 e. The lowest BCUT2D eigenvalue weighted by atomic mass is 10.2. The summed E-state index contributed by atoms with van der Waals surface area (Å²) in [6.07, 6.45) is 3.96. The normalized spacial score (nSPS) is 10.7. The lowest BCUT2D eigenvalue weighted by Gasteiger charge is -2.19. The summed E-state index contributed by atoms with van der Waals surface area (Å²) in [5.41, 5.74) is 1.04. The van der Waals surface area contributed by atoms with Crippen molar-refractivity contribution < 1.29 is 14.3 Å². The highest BCUT2D eigenvalue weighted by atomic mass is 16.5. The van der Waals surface area contributed by atoms with E-state index in [-0.39, 0.29) is 12.5 Å². The van der Waals surface area contributed by atoms with E-state index in [1.807, 2.05) is 58.0 Å². The summed E-state index contributed by atoms with van der Waals surface area (Å²) in [6, 6.07) is 5.70. The minimum atomic E-state index is -0.0139. The average molecular weight is 291 g/mol. The molecule has 1 rings (SSSR count). The molecule has 0 saturated heterocycles. The van der Waals surface area contributed by atoms with Gasteiger partial charge in [-0.1, -0.05) is 18.2 Å². The van der Waals surface area contributed by atoms with Crippen LogP contribution in [0.1, 0.15) is 33.3 Å². The molecule has 0 heterocycles. The van der Waals surface area contributed by atoms with Gasteiger partial charge < -0.3 is 14.4 Å². The van der Waals surface area contributed by atoms with E-state index >= 15 is 0 Å². The van der Waals surface area contributed by atoms with Crippen molar-refractivity contribution in [2.24, 2.45) is 0 Å². The Labute approximate surface area is 127 Å². The summed E-state index contributed by atoms with van der Waals surface area (Å²) < 4.78 is 11.2. The third-order valence-corrected chi connectivity index (χ3v) is 3.09. The summed E-state index contributed by atoms with van der Waals surface area (Å²) in [4.78, 5) is 13.7. The number of hydrogen-bond acceptors (Lipinski definition) is 3. The first-order valence-electron chi connectivity index (χ1n) is 7.46. The van der Waals surface area contributed by atoms with Crippen LogP contribution < -0.4 is 9.47 Å². The van der Waals surface area contributed by atoms with E-state index in [9.17, 15) is 4.79 Å². The molecule has 0 aliphatic carbocycles. The Bertz CT molecular complexity index is 479. The smallest absolute Gasteiger partial charge is 0.260 e. The maximum absolute atomic E-state index is 12.0. The molecule has 0 N–H and O–H groups in total. The van der Waals surface area contributed by atoms with Crippen molar-refractivity contribution >= 4 is 12.0 Å². The summed E-state index contributed by atoms with van der Waals surface area (Å²) in [5.74, 6) is 1.26. The van der Waals surface area contributed by atoms with E-state index in [1.165, 1.54) is 0 Å². The molecule has 0 aliphatic rings. The van der Waals surface area contributed by atoms with Crippen LogP contribution in [0.4, 0.5) is 0 Å². The maximum Gasteiger partial charge on any atom is 0.260 e. The van der Waals surface area contributed by atoms with Crippen LogP contribution in [0.3, 0.4) is 0 Å². The Balaban J connectivity index is 2.80. The van der Waals surface area contributed by atoms with Crippen molar-refractivity contribution in [3.63, 3.8) is 0 Å². The highest BCUT2D eigenvalue weighted by Gasteiger charge is 2.12. The first-order valence-corrected chi connectivity index (χ1v) is 7.46. The Hall–Kier alpha value is -1.97. The van der Waals surface area contributed by atoms with Crippen molar-refractivity contribution in [1.29, 1.82) is 0 Å². The van der Waals surface area contributed by atoms with Gasteiger partial charge in [0.25, 0.3) is 5.91 Å². The molecule has 116 valence electrons. The second-order valence-electron chi connectivity index (χ2n) is 4.49. The quantitative estimate of drug-likeness (QED) is 0.737. The SMILES string of the molecule is CC=Cc1ccc(OCC(=O)N(CC)CC)c(OCC)c1. The van der Waals surface area contributed by atoms with Crippen LogP contribution in [0.5, 0.6) is 11.5 Å². The molecule has 0 fully saturated rings. The molecule has 0 unspecified atom stereocenters. The third-order valence-electron chi connectivity index (χ3n) is 3.09. The Morgan fingerprint density at radius 1 is 1.14 bits per heavy atom. The second kappa shape index (κ2) is 9.06. The predicted molar refractivity (Wildman–Crippen MR) is 85.7 cm³/mol. The van der Waals surface area contributed by atoms with Crippen LogP contribution in [-0.4, -0.2) is 37.1 Å². The number of likely N-dealkylation sites (N-methyl/N-ethyl adjacent to an activating group) is 1. The van der Waals surface area contributed by atoms with Gasteiger partial charge in [0.2, 0.25) is 0 Å². The Morgan fingerprint density at radius 2 is 1.86 bits per heavy atom. The van der Waals surface area contributed by atoms with E-state index in [0.717, 1.165) is 5.56 Å². The number of rotatable bonds is 8. The highest BCUT2D eigenvalue weighted by molar-refractivity contribution is 5.77. The van der Waals surface area contributed by atoms with Crippen molar-refractivity contribution in [3.8, 4) is 11.5 Å². The molecule has 1 amide bonds. The molecule has 21 heavy (non-hydrogen) atoms. The van der Waals surface area contributed by atoms with Gasteiger partial charge in [-0.25, -0.2) is 0 Å². The summed E-state index contributed by atoms with van der Waals surface area (Å²) in [5, 5.41) is 0. The van der Waals surface area contributed by atoms with Gasteiger partial charge in [-0.3, -0.25) is 4.79 Å². The molecule has 0 saturated carbocycles. The Kier molecular flexibility index (Phi) is 7.37. The molecular formula is C17H25NO3. The number of nitrogens with zero attached hydrogens (tertiary/aromatic N) is 1. The van der Waals surface area contributed by atoms with Crippen LogP contribution >= 0.6 is 0 Å². The average Bonchev–Trinajstić information content (AvgIpc) is 2.48. The van der Waals surface area contributed by atoms with E-state index < -0.39 is 0 Å². The van der Waals surface area contributed by atoms with Crippen molar-refractivity contribution in [3.05, 3.63) is 29.8 Å². The number of benzene rings is 1. The summed E-state index contributed by atoms with van der Waals surface area (Å²) in [7, 11) is 0. The van der Waals surface area contributed by atoms with Crippen LogP contribution in [0, 0.1) is 0 Å². The number of hydrogen-bond donors (Lipinski definition) is 0. The first kappa shape index (κ1) is 17.1. The van der Waals surface area contributed by atoms with Crippen LogP contribution in [-0.2, 0) is 4.79 Å². The molecular weight excluding hydrogens is 266 g/mol. The van der Waals surface area contributed by atoms with E-state index in [1.54, 1.807) is 4.90 Å². The van der Waals surface area contributed by atoms with E-state index in [2.05, 4.69) is 0 Å². The topological polar surface area (TPSA) is 38.8 Å². The molecule has 1 aromatic rings. The van der Waals surface area contributed by atoms with Crippen molar-refractivity contribution in [2.45, 2.75) is 27.7 Å². The third kappa shape index (κ3) is 5.14. The number of allylic oxidation sites excluding steroid dienone is 1. The van der Waals surface area contributed by atoms with Gasteiger partial charge in [-0.15, -0.1) is 0 Å². The lowest BCUT2D eigenvalue weighted by molar-refractivity contribution is -0.132. The van der Waals surface area contributed by atoms with Gasteiger partial charge in [-0.05, 0) is 45.4 Å². The molecule has 0 bridgehead atoms. The van der Waals surface area contributed by atoms with E-state index in [0.29, 0.717) is 31.2 Å². The molecule has 0 aromatic heterocycles.